The molecule has 0 bridgehead atoms. The molecule has 0 radical (unpaired) electrons. The van der Waals surface area contributed by atoms with E-state index < -0.39 is 11.9 Å². The van der Waals surface area contributed by atoms with Crippen LogP contribution in [0.4, 0.5) is 0 Å². The Bertz CT molecular complexity index is 541. The van der Waals surface area contributed by atoms with Crippen molar-refractivity contribution >= 4 is 11.9 Å². The summed E-state index contributed by atoms with van der Waals surface area (Å²) in [4.78, 5) is 23.7. The molecular weight excluding hydrogens is 270 g/mol. The van der Waals surface area contributed by atoms with Crippen LogP contribution in [0, 0.1) is 12.8 Å². The minimum atomic E-state index is -0.837. The largest absolute Gasteiger partial charge is 0.496 e. The Kier molecular flexibility index (Phi) is 4.83. The van der Waals surface area contributed by atoms with Crippen molar-refractivity contribution < 1.29 is 19.4 Å². The Hall–Kier alpha value is -2.04. The molecule has 0 aromatic heterocycles. The summed E-state index contributed by atoms with van der Waals surface area (Å²) in [5.41, 5.74) is 1.41. The van der Waals surface area contributed by atoms with E-state index >= 15 is 0 Å². The predicted molar refractivity (Wildman–Crippen MR) is 78.6 cm³/mol. The third-order valence-electron chi connectivity index (χ3n) is 4.00. The summed E-state index contributed by atoms with van der Waals surface area (Å²) >= 11 is 0. The number of aliphatic carboxylic acids is 1. The van der Waals surface area contributed by atoms with Crippen molar-refractivity contribution in [2.75, 3.05) is 7.11 Å². The summed E-state index contributed by atoms with van der Waals surface area (Å²) in [6.07, 6.45) is 3.17. The summed E-state index contributed by atoms with van der Waals surface area (Å²) < 4.78 is 5.21. The van der Waals surface area contributed by atoms with Gasteiger partial charge in [0, 0.05) is 6.04 Å². The molecule has 2 unspecified atom stereocenters. The Balaban J connectivity index is 2.17. The van der Waals surface area contributed by atoms with E-state index in [1.807, 2.05) is 13.0 Å². The van der Waals surface area contributed by atoms with Gasteiger partial charge in [0.1, 0.15) is 5.75 Å². The van der Waals surface area contributed by atoms with Crippen LogP contribution >= 0.6 is 0 Å². The second kappa shape index (κ2) is 6.61. The van der Waals surface area contributed by atoms with Crippen LogP contribution in [0.1, 0.15) is 41.6 Å². The highest BCUT2D eigenvalue weighted by Crippen LogP contribution is 2.26. The number of rotatable bonds is 4. The molecule has 1 aromatic carbocycles. The first kappa shape index (κ1) is 15.4. The lowest BCUT2D eigenvalue weighted by Crippen LogP contribution is -2.45. The van der Waals surface area contributed by atoms with Crippen LogP contribution in [0.25, 0.3) is 0 Å². The average molecular weight is 291 g/mol. The number of carbonyl (C=O) groups excluding carboxylic acids is 1. The lowest BCUT2D eigenvalue weighted by Gasteiger charge is -2.29. The summed E-state index contributed by atoms with van der Waals surface area (Å²) in [6.45, 7) is 1.90. The van der Waals surface area contributed by atoms with Crippen molar-refractivity contribution in [2.45, 2.75) is 38.6 Å². The van der Waals surface area contributed by atoms with Gasteiger partial charge in [-0.2, -0.15) is 0 Å². The Morgan fingerprint density at radius 1 is 1.29 bits per heavy atom. The fraction of sp³-hybridized carbons (Fsp3) is 0.500. The third-order valence-corrected chi connectivity index (χ3v) is 4.00. The van der Waals surface area contributed by atoms with Crippen LogP contribution in [0.5, 0.6) is 5.75 Å². The van der Waals surface area contributed by atoms with Gasteiger partial charge < -0.3 is 15.2 Å². The van der Waals surface area contributed by atoms with E-state index in [-0.39, 0.29) is 11.9 Å². The fourth-order valence-electron chi connectivity index (χ4n) is 2.84. The first-order valence-electron chi connectivity index (χ1n) is 7.21. The molecule has 1 aliphatic rings. The average Bonchev–Trinajstić information content (AvgIpc) is 2.47. The number of carboxylic acids is 1. The molecule has 5 nitrogen and oxygen atoms in total. The lowest BCUT2D eigenvalue weighted by atomic mass is 9.84. The minimum Gasteiger partial charge on any atom is -0.496 e. The van der Waals surface area contributed by atoms with E-state index in [1.165, 1.54) is 7.11 Å². The van der Waals surface area contributed by atoms with E-state index in [9.17, 15) is 14.7 Å². The molecule has 0 spiro atoms. The molecule has 1 fully saturated rings. The Morgan fingerprint density at radius 2 is 2.00 bits per heavy atom. The molecule has 114 valence electrons. The van der Waals surface area contributed by atoms with Gasteiger partial charge in [0.2, 0.25) is 0 Å². The number of carboxylic acid groups (broad SMARTS) is 1. The van der Waals surface area contributed by atoms with Crippen molar-refractivity contribution in [1.29, 1.82) is 0 Å². The standard InChI is InChI=1S/C16H21NO4/c1-10-7-8-14(21-2)12(9-10)15(18)17-13-6-4-3-5-11(13)16(19)20/h7-9,11,13H,3-6H2,1-2H3,(H,17,18)(H,19,20). The monoisotopic (exact) mass is 291 g/mol. The SMILES string of the molecule is COc1ccc(C)cc1C(=O)NC1CCCCC1C(=O)O. The third kappa shape index (κ3) is 3.54. The van der Waals surface area contributed by atoms with Gasteiger partial charge in [0.15, 0.2) is 0 Å². The van der Waals surface area contributed by atoms with Crippen LogP contribution in [0.15, 0.2) is 18.2 Å². The second-order valence-corrected chi connectivity index (χ2v) is 5.51. The molecule has 0 aliphatic heterocycles. The van der Waals surface area contributed by atoms with Crippen molar-refractivity contribution in [3.05, 3.63) is 29.3 Å². The van der Waals surface area contributed by atoms with Gasteiger partial charge in [-0.05, 0) is 31.9 Å². The van der Waals surface area contributed by atoms with Crippen molar-refractivity contribution in [3.8, 4) is 5.75 Å². The van der Waals surface area contributed by atoms with Crippen LogP contribution in [-0.2, 0) is 4.79 Å². The molecule has 1 amide bonds. The fourth-order valence-corrected chi connectivity index (χ4v) is 2.84. The molecule has 2 atom stereocenters. The quantitative estimate of drug-likeness (QED) is 0.893. The number of methoxy groups -OCH3 is 1. The van der Waals surface area contributed by atoms with E-state index in [0.717, 1.165) is 18.4 Å². The zero-order valence-corrected chi connectivity index (χ0v) is 12.4. The van der Waals surface area contributed by atoms with Gasteiger partial charge in [-0.3, -0.25) is 9.59 Å². The number of aryl methyl sites for hydroxylation is 1. The van der Waals surface area contributed by atoms with Gasteiger partial charge >= 0.3 is 5.97 Å². The van der Waals surface area contributed by atoms with E-state index in [0.29, 0.717) is 24.2 Å². The normalized spacial score (nSPS) is 21.6. The number of hydrogen-bond acceptors (Lipinski definition) is 3. The Morgan fingerprint density at radius 3 is 2.67 bits per heavy atom. The van der Waals surface area contributed by atoms with Crippen molar-refractivity contribution in [1.82, 2.24) is 5.32 Å². The first-order chi connectivity index (χ1) is 10.0. The topological polar surface area (TPSA) is 75.6 Å². The highest BCUT2D eigenvalue weighted by atomic mass is 16.5. The molecule has 1 aromatic rings. The molecule has 1 saturated carbocycles. The summed E-state index contributed by atoms with van der Waals surface area (Å²) in [7, 11) is 1.52. The van der Waals surface area contributed by atoms with Crippen molar-refractivity contribution in [2.24, 2.45) is 5.92 Å². The maximum Gasteiger partial charge on any atom is 0.308 e. The highest BCUT2D eigenvalue weighted by Gasteiger charge is 2.32. The first-order valence-corrected chi connectivity index (χ1v) is 7.21. The number of ether oxygens (including phenoxy) is 1. The van der Waals surface area contributed by atoms with Crippen molar-refractivity contribution in [3.63, 3.8) is 0 Å². The number of nitrogens with one attached hydrogen (secondary N) is 1. The van der Waals surface area contributed by atoms with Gasteiger partial charge in [-0.1, -0.05) is 24.5 Å². The maximum atomic E-state index is 12.4. The number of benzene rings is 1. The zero-order valence-electron chi connectivity index (χ0n) is 12.4. The van der Waals surface area contributed by atoms with E-state index in [1.54, 1.807) is 12.1 Å². The van der Waals surface area contributed by atoms with Crippen LogP contribution < -0.4 is 10.1 Å². The molecule has 2 N–H and O–H groups in total. The summed E-state index contributed by atoms with van der Waals surface area (Å²) in [6, 6.07) is 5.07. The number of amides is 1. The van der Waals surface area contributed by atoms with Gasteiger partial charge in [-0.25, -0.2) is 0 Å². The second-order valence-electron chi connectivity index (χ2n) is 5.51. The molecular formula is C16H21NO4. The highest BCUT2D eigenvalue weighted by molar-refractivity contribution is 5.97. The lowest BCUT2D eigenvalue weighted by molar-refractivity contribution is -0.143. The van der Waals surface area contributed by atoms with Gasteiger partial charge in [-0.15, -0.1) is 0 Å². The van der Waals surface area contributed by atoms with Crippen LogP contribution in [0.3, 0.4) is 0 Å². The van der Waals surface area contributed by atoms with E-state index in [4.69, 9.17) is 4.74 Å². The minimum absolute atomic E-state index is 0.270. The summed E-state index contributed by atoms with van der Waals surface area (Å²) in [5, 5.41) is 12.1. The molecule has 5 heteroatoms. The molecule has 1 aliphatic carbocycles. The molecule has 0 heterocycles. The van der Waals surface area contributed by atoms with Crippen LogP contribution in [-0.4, -0.2) is 30.1 Å². The van der Waals surface area contributed by atoms with Gasteiger partial charge in [0.05, 0.1) is 18.6 Å². The van der Waals surface area contributed by atoms with Gasteiger partial charge in [0.25, 0.3) is 5.91 Å². The molecule has 21 heavy (non-hydrogen) atoms. The van der Waals surface area contributed by atoms with E-state index in [2.05, 4.69) is 5.32 Å². The maximum absolute atomic E-state index is 12.4. The number of hydrogen-bond donors (Lipinski definition) is 2. The number of carbonyl (C=O) groups is 2. The summed E-state index contributed by atoms with van der Waals surface area (Å²) in [5.74, 6) is -1.11. The zero-order chi connectivity index (χ0) is 15.4. The van der Waals surface area contributed by atoms with Crippen LogP contribution in [0.2, 0.25) is 0 Å². The predicted octanol–water partition coefficient (Wildman–Crippen LogP) is 2.38. The molecule has 2 rings (SSSR count). The smallest absolute Gasteiger partial charge is 0.308 e. The molecule has 0 saturated heterocycles. The Labute approximate surface area is 124 Å².